The maximum atomic E-state index is 12.1. The Morgan fingerprint density at radius 3 is 2.48 bits per heavy atom. The molecule has 1 saturated heterocycles. The smallest absolute Gasteiger partial charge is 0.299 e. The van der Waals surface area contributed by atoms with Gasteiger partial charge >= 0.3 is 0 Å². The molecular formula is C15H20N4O6. The number of anilines is 1. The Morgan fingerprint density at radius 1 is 1.24 bits per heavy atom. The molecule has 25 heavy (non-hydrogen) atoms. The molecule has 10 nitrogen and oxygen atoms in total. The number of likely N-dealkylation sites (tertiary alicyclic amines) is 1. The van der Waals surface area contributed by atoms with E-state index in [2.05, 4.69) is 5.32 Å². The highest BCUT2D eigenvalue weighted by atomic mass is 16.6. The average Bonchev–Trinajstić information content (AvgIpc) is 2.56. The van der Waals surface area contributed by atoms with Crippen molar-refractivity contribution in [2.24, 2.45) is 5.92 Å². The SMILES string of the molecule is O=C(CN1CCC(CCO)CC1)Nc1ccc([N+](=O)[O-])cc1[N+](=O)[O-]. The monoisotopic (exact) mass is 352 g/mol. The summed E-state index contributed by atoms with van der Waals surface area (Å²) in [5.74, 6) is 0.0534. The van der Waals surface area contributed by atoms with E-state index in [1.165, 1.54) is 6.07 Å². The van der Waals surface area contributed by atoms with Crippen molar-refractivity contribution >= 4 is 23.0 Å². The van der Waals surface area contributed by atoms with Crippen LogP contribution >= 0.6 is 0 Å². The van der Waals surface area contributed by atoms with Crippen LogP contribution in [0.25, 0.3) is 0 Å². The number of piperidine rings is 1. The highest BCUT2D eigenvalue weighted by Gasteiger charge is 2.23. The molecule has 0 bridgehead atoms. The molecule has 1 aliphatic rings. The first-order chi connectivity index (χ1) is 11.9. The number of nitrogens with one attached hydrogen (secondary N) is 1. The molecule has 2 N–H and O–H groups in total. The van der Waals surface area contributed by atoms with E-state index < -0.39 is 27.1 Å². The van der Waals surface area contributed by atoms with Gasteiger partial charge in [-0.15, -0.1) is 0 Å². The summed E-state index contributed by atoms with van der Waals surface area (Å²) in [5, 5.41) is 33.2. The zero-order valence-corrected chi connectivity index (χ0v) is 13.6. The minimum atomic E-state index is -0.761. The fourth-order valence-electron chi connectivity index (χ4n) is 2.90. The van der Waals surface area contributed by atoms with Crippen molar-refractivity contribution in [1.82, 2.24) is 4.90 Å². The van der Waals surface area contributed by atoms with Crippen LogP contribution in [0.2, 0.25) is 0 Å². The lowest BCUT2D eigenvalue weighted by Crippen LogP contribution is -2.39. The molecule has 10 heteroatoms. The van der Waals surface area contributed by atoms with Gasteiger partial charge < -0.3 is 10.4 Å². The van der Waals surface area contributed by atoms with Crippen molar-refractivity contribution in [2.45, 2.75) is 19.3 Å². The summed E-state index contributed by atoms with van der Waals surface area (Å²) in [4.78, 5) is 34.4. The third-order valence-electron chi connectivity index (χ3n) is 4.27. The topological polar surface area (TPSA) is 139 Å². The summed E-state index contributed by atoms with van der Waals surface area (Å²) < 4.78 is 0. The Hall–Kier alpha value is -2.59. The zero-order chi connectivity index (χ0) is 18.4. The van der Waals surface area contributed by atoms with Crippen LogP contribution in [0.15, 0.2) is 18.2 Å². The average molecular weight is 352 g/mol. The fourth-order valence-corrected chi connectivity index (χ4v) is 2.90. The molecule has 0 saturated carbocycles. The number of nitro benzene ring substituents is 2. The number of nitro groups is 2. The number of benzene rings is 1. The summed E-state index contributed by atoms with van der Waals surface area (Å²) in [7, 11) is 0. The number of amides is 1. The van der Waals surface area contributed by atoms with Gasteiger partial charge in [-0.25, -0.2) is 0 Å². The zero-order valence-electron chi connectivity index (χ0n) is 13.6. The minimum absolute atomic E-state index is 0.0595. The maximum absolute atomic E-state index is 12.1. The van der Waals surface area contributed by atoms with E-state index in [-0.39, 0.29) is 18.8 Å². The van der Waals surface area contributed by atoms with Crippen molar-refractivity contribution in [3.05, 3.63) is 38.4 Å². The van der Waals surface area contributed by atoms with E-state index in [0.717, 1.165) is 44.5 Å². The van der Waals surface area contributed by atoms with Gasteiger partial charge in [0.15, 0.2) is 0 Å². The quantitative estimate of drug-likeness (QED) is 0.560. The van der Waals surface area contributed by atoms with Crippen LogP contribution in [0, 0.1) is 26.1 Å². The van der Waals surface area contributed by atoms with E-state index in [1.807, 2.05) is 4.90 Å². The Morgan fingerprint density at radius 2 is 1.92 bits per heavy atom. The van der Waals surface area contributed by atoms with Gasteiger partial charge in [-0.05, 0) is 44.3 Å². The van der Waals surface area contributed by atoms with Gasteiger partial charge in [-0.2, -0.15) is 0 Å². The molecule has 0 spiro atoms. The number of hydrogen-bond acceptors (Lipinski definition) is 7. The highest BCUT2D eigenvalue weighted by molar-refractivity contribution is 5.94. The van der Waals surface area contributed by atoms with Gasteiger partial charge in [0.05, 0.1) is 22.5 Å². The van der Waals surface area contributed by atoms with E-state index in [9.17, 15) is 25.0 Å². The largest absolute Gasteiger partial charge is 0.396 e. The Kier molecular flexibility index (Phi) is 6.37. The second-order valence-corrected chi connectivity index (χ2v) is 6.00. The van der Waals surface area contributed by atoms with Gasteiger partial charge in [-0.3, -0.25) is 29.9 Å². The van der Waals surface area contributed by atoms with Crippen molar-refractivity contribution in [2.75, 3.05) is 31.6 Å². The van der Waals surface area contributed by atoms with Crippen molar-refractivity contribution in [1.29, 1.82) is 0 Å². The minimum Gasteiger partial charge on any atom is -0.396 e. The number of non-ortho nitro benzene ring substituents is 1. The van der Waals surface area contributed by atoms with Gasteiger partial charge in [0.1, 0.15) is 5.69 Å². The van der Waals surface area contributed by atoms with Gasteiger partial charge in [0, 0.05) is 12.7 Å². The van der Waals surface area contributed by atoms with Crippen LogP contribution in [0.3, 0.4) is 0 Å². The lowest BCUT2D eigenvalue weighted by atomic mass is 9.94. The van der Waals surface area contributed by atoms with Crippen LogP contribution in [0.4, 0.5) is 17.1 Å². The second-order valence-electron chi connectivity index (χ2n) is 6.00. The van der Waals surface area contributed by atoms with Crippen LogP contribution in [0.1, 0.15) is 19.3 Å². The number of rotatable bonds is 7. The summed E-state index contributed by atoms with van der Waals surface area (Å²) >= 11 is 0. The van der Waals surface area contributed by atoms with Crippen LogP contribution in [0.5, 0.6) is 0 Å². The van der Waals surface area contributed by atoms with E-state index >= 15 is 0 Å². The maximum Gasteiger partial charge on any atom is 0.299 e. The molecule has 0 atom stereocenters. The molecule has 1 aromatic rings. The number of hydrogen-bond donors (Lipinski definition) is 2. The van der Waals surface area contributed by atoms with Gasteiger partial charge in [0.2, 0.25) is 5.91 Å². The molecule has 1 amide bonds. The van der Waals surface area contributed by atoms with Gasteiger partial charge in [-0.1, -0.05) is 0 Å². The number of nitrogens with zero attached hydrogens (tertiary/aromatic N) is 3. The lowest BCUT2D eigenvalue weighted by molar-refractivity contribution is -0.393. The summed E-state index contributed by atoms with van der Waals surface area (Å²) in [6, 6.07) is 3.11. The number of aliphatic hydroxyl groups excluding tert-OH is 1. The molecule has 1 heterocycles. The van der Waals surface area contributed by atoms with Crippen LogP contribution in [-0.4, -0.2) is 52.0 Å². The Labute approximate surface area is 143 Å². The molecule has 0 aromatic heterocycles. The Balaban J connectivity index is 1.96. The first-order valence-electron chi connectivity index (χ1n) is 7.96. The lowest BCUT2D eigenvalue weighted by Gasteiger charge is -2.31. The Bertz CT molecular complexity index is 657. The predicted molar refractivity (Wildman–Crippen MR) is 89.2 cm³/mol. The molecule has 0 unspecified atom stereocenters. The molecule has 1 aliphatic heterocycles. The summed E-state index contributed by atoms with van der Waals surface area (Å²) in [5.41, 5.74) is -0.976. The standard InChI is InChI=1S/C15H20N4O6/c20-8-5-11-3-6-17(7-4-11)10-15(21)16-13-2-1-12(18(22)23)9-14(13)19(24)25/h1-2,9,11,20H,3-8,10H2,(H,16,21). The third-order valence-corrected chi connectivity index (χ3v) is 4.27. The summed E-state index contributed by atoms with van der Waals surface area (Å²) in [6.07, 6.45) is 2.55. The molecular weight excluding hydrogens is 332 g/mol. The fraction of sp³-hybridized carbons (Fsp3) is 0.533. The van der Waals surface area contributed by atoms with E-state index in [4.69, 9.17) is 5.11 Å². The van der Waals surface area contributed by atoms with Crippen molar-refractivity contribution < 1.29 is 19.7 Å². The summed E-state index contributed by atoms with van der Waals surface area (Å²) in [6.45, 7) is 1.70. The van der Waals surface area contributed by atoms with Crippen molar-refractivity contribution in [3.63, 3.8) is 0 Å². The predicted octanol–water partition coefficient (Wildman–Crippen LogP) is 1.54. The normalized spacial score (nSPS) is 15.7. The second kappa shape index (κ2) is 8.49. The first-order valence-corrected chi connectivity index (χ1v) is 7.96. The molecule has 0 aliphatic carbocycles. The number of aliphatic hydroxyl groups is 1. The third kappa shape index (κ3) is 5.19. The number of carbonyl (C=O) groups is 1. The highest BCUT2D eigenvalue weighted by Crippen LogP contribution is 2.29. The van der Waals surface area contributed by atoms with Gasteiger partial charge in [0.25, 0.3) is 11.4 Å². The molecule has 0 radical (unpaired) electrons. The molecule has 1 aromatic carbocycles. The van der Waals surface area contributed by atoms with E-state index in [0.29, 0.717) is 5.92 Å². The first kappa shape index (κ1) is 18.7. The van der Waals surface area contributed by atoms with Crippen molar-refractivity contribution in [3.8, 4) is 0 Å². The number of carbonyl (C=O) groups excluding carboxylic acids is 1. The molecule has 1 fully saturated rings. The van der Waals surface area contributed by atoms with Crippen LogP contribution in [-0.2, 0) is 4.79 Å². The molecule has 136 valence electrons. The van der Waals surface area contributed by atoms with Crippen LogP contribution < -0.4 is 5.32 Å². The molecule has 2 rings (SSSR count). The van der Waals surface area contributed by atoms with E-state index in [1.54, 1.807) is 0 Å².